The number of carbonyl (C=O) groups excluding carboxylic acids is 1. The van der Waals surface area contributed by atoms with Crippen molar-refractivity contribution in [3.05, 3.63) is 28.8 Å². The van der Waals surface area contributed by atoms with Crippen LogP contribution in [0, 0.1) is 0 Å². The van der Waals surface area contributed by atoms with Gasteiger partial charge >= 0.3 is 5.97 Å². The molecule has 0 atom stereocenters. The lowest BCUT2D eigenvalue weighted by atomic mass is 10.2. The van der Waals surface area contributed by atoms with Crippen LogP contribution in [-0.2, 0) is 4.79 Å². The summed E-state index contributed by atoms with van der Waals surface area (Å²) in [6.07, 6.45) is 2.21. The summed E-state index contributed by atoms with van der Waals surface area (Å²) in [4.78, 5) is 22.4. The standard InChI is InChI=1S/C12H13ClN2O3/c13-8-3-7(12(17)18)4-10(5-8)15-11(16)6-14-9-1-2-9/h3-5,9,14H,1-2,6H2,(H,15,16)(H,17,18). The van der Waals surface area contributed by atoms with Crippen LogP contribution in [0.4, 0.5) is 5.69 Å². The van der Waals surface area contributed by atoms with Gasteiger partial charge < -0.3 is 15.7 Å². The number of aromatic carboxylic acids is 1. The number of hydrogen-bond acceptors (Lipinski definition) is 3. The van der Waals surface area contributed by atoms with Crippen LogP contribution < -0.4 is 10.6 Å². The molecule has 0 unspecified atom stereocenters. The summed E-state index contributed by atoms with van der Waals surface area (Å²) in [5.74, 6) is -1.29. The summed E-state index contributed by atoms with van der Waals surface area (Å²) in [5, 5.41) is 14.8. The number of benzene rings is 1. The number of nitrogens with one attached hydrogen (secondary N) is 2. The van der Waals surface area contributed by atoms with Crippen molar-refractivity contribution in [3.63, 3.8) is 0 Å². The van der Waals surface area contributed by atoms with Gasteiger partial charge in [-0.25, -0.2) is 4.79 Å². The van der Waals surface area contributed by atoms with Crippen molar-refractivity contribution < 1.29 is 14.7 Å². The molecule has 2 rings (SSSR count). The van der Waals surface area contributed by atoms with Crippen LogP contribution in [0.2, 0.25) is 5.02 Å². The maximum absolute atomic E-state index is 11.6. The SMILES string of the molecule is O=C(CNC1CC1)Nc1cc(Cl)cc(C(=O)O)c1. The molecule has 0 heterocycles. The Balaban J connectivity index is 1.98. The van der Waals surface area contributed by atoms with E-state index in [0.29, 0.717) is 11.7 Å². The lowest BCUT2D eigenvalue weighted by Crippen LogP contribution is -2.29. The zero-order valence-electron chi connectivity index (χ0n) is 9.57. The summed E-state index contributed by atoms with van der Waals surface area (Å²) >= 11 is 5.78. The van der Waals surface area contributed by atoms with Crippen LogP contribution in [0.5, 0.6) is 0 Å². The Morgan fingerprint density at radius 1 is 1.33 bits per heavy atom. The molecule has 1 fully saturated rings. The molecule has 1 aliphatic rings. The fraction of sp³-hybridized carbons (Fsp3) is 0.333. The number of anilines is 1. The Bertz CT molecular complexity index is 486. The van der Waals surface area contributed by atoms with Gasteiger partial charge in [-0.15, -0.1) is 0 Å². The Morgan fingerprint density at radius 3 is 2.67 bits per heavy atom. The van der Waals surface area contributed by atoms with E-state index in [-0.39, 0.29) is 23.0 Å². The second-order valence-electron chi connectivity index (χ2n) is 4.24. The van der Waals surface area contributed by atoms with E-state index in [1.54, 1.807) is 0 Å². The molecule has 1 amide bonds. The third kappa shape index (κ3) is 3.72. The number of amides is 1. The van der Waals surface area contributed by atoms with Gasteiger partial charge in [0, 0.05) is 16.8 Å². The highest BCUT2D eigenvalue weighted by Gasteiger charge is 2.21. The van der Waals surface area contributed by atoms with Crippen LogP contribution >= 0.6 is 11.6 Å². The minimum absolute atomic E-state index is 0.0490. The monoisotopic (exact) mass is 268 g/mol. The van der Waals surface area contributed by atoms with E-state index in [2.05, 4.69) is 10.6 Å². The largest absolute Gasteiger partial charge is 0.478 e. The summed E-state index contributed by atoms with van der Waals surface area (Å²) in [5.41, 5.74) is 0.440. The smallest absolute Gasteiger partial charge is 0.335 e. The van der Waals surface area contributed by atoms with E-state index in [4.69, 9.17) is 16.7 Å². The van der Waals surface area contributed by atoms with Crippen molar-refractivity contribution in [2.24, 2.45) is 0 Å². The molecule has 5 nitrogen and oxygen atoms in total. The summed E-state index contributed by atoms with van der Waals surface area (Å²) < 4.78 is 0. The first-order valence-corrected chi connectivity index (χ1v) is 5.99. The zero-order valence-corrected chi connectivity index (χ0v) is 10.3. The highest BCUT2D eigenvalue weighted by atomic mass is 35.5. The van der Waals surface area contributed by atoms with Crippen molar-refractivity contribution in [2.75, 3.05) is 11.9 Å². The molecule has 0 radical (unpaired) electrons. The second-order valence-corrected chi connectivity index (χ2v) is 4.67. The highest BCUT2D eigenvalue weighted by Crippen LogP contribution is 2.20. The fourth-order valence-electron chi connectivity index (χ4n) is 1.51. The van der Waals surface area contributed by atoms with Crippen LogP contribution in [0.3, 0.4) is 0 Å². The van der Waals surface area contributed by atoms with E-state index in [9.17, 15) is 9.59 Å². The first kappa shape index (κ1) is 12.9. The molecule has 3 N–H and O–H groups in total. The van der Waals surface area contributed by atoms with E-state index < -0.39 is 5.97 Å². The number of halogens is 1. The van der Waals surface area contributed by atoms with Gasteiger partial charge in [-0.3, -0.25) is 4.79 Å². The normalized spacial score (nSPS) is 14.3. The summed E-state index contributed by atoms with van der Waals surface area (Å²) in [7, 11) is 0. The van der Waals surface area contributed by atoms with E-state index >= 15 is 0 Å². The highest BCUT2D eigenvalue weighted by molar-refractivity contribution is 6.31. The molecule has 1 saturated carbocycles. The molecule has 0 saturated heterocycles. The van der Waals surface area contributed by atoms with Crippen LogP contribution in [0.15, 0.2) is 18.2 Å². The molecule has 0 bridgehead atoms. The van der Waals surface area contributed by atoms with Gasteiger partial charge in [0.2, 0.25) is 5.91 Å². The predicted octanol–water partition coefficient (Wildman–Crippen LogP) is 1.73. The number of hydrogen-bond donors (Lipinski definition) is 3. The van der Waals surface area contributed by atoms with E-state index in [1.165, 1.54) is 18.2 Å². The first-order chi connectivity index (χ1) is 8.54. The summed E-state index contributed by atoms with van der Waals surface area (Å²) in [6.45, 7) is 0.222. The number of carbonyl (C=O) groups is 2. The Morgan fingerprint density at radius 2 is 2.06 bits per heavy atom. The third-order valence-electron chi connectivity index (χ3n) is 2.56. The molecule has 18 heavy (non-hydrogen) atoms. The first-order valence-electron chi connectivity index (χ1n) is 5.62. The number of carboxylic acids is 1. The zero-order chi connectivity index (χ0) is 13.1. The Hall–Kier alpha value is -1.59. The van der Waals surface area contributed by atoms with Crippen molar-refractivity contribution in [2.45, 2.75) is 18.9 Å². The fourth-order valence-corrected chi connectivity index (χ4v) is 1.75. The van der Waals surface area contributed by atoms with Crippen molar-refractivity contribution >= 4 is 29.2 Å². The molecule has 0 aromatic heterocycles. The molecular formula is C12H13ClN2O3. The minimum Gasteiger partial charge on any atom is -0.478 e. The molecule has 1 aromatic rings. The van der Waals surface area contributed by atoms with Gasteiger partial charge in [0.15, 0.2) is 0 Å². The Kier molecular flexibility index (Phi) is 3.84. The summed E-state index contributed by atoms with van der Waals surface area (Å²) in [6, 6.07) is 4.68. The lowest BCUT2D eigenvalue weighted by Gasteiger charge is -2.07. The van der Waals surface area contributed by atoms with Gasteiger partial charge in [0.25, 0.3) is 0 Å². The minimum atomic E-state index is -1.08. The average molecular weight is 269 g/mol. The van der Waals surface area contributed by atoms with Gasteiger partial charge in [0.1, 0.15) is 0 Å². The van der Waals surface area contributed by atoms with Crippen molar-refractivity contribution in [1.29, 1.82) is 0 Å². The molecule has 0 aliphatic heterocycles. The van der Waals surface area contributed by atoms with Gasteiger partial charge in [-0.05, 0) is 31.0 Å². The molecule has 96 valence electrons. The van der Waals surface area contributed by atoms with Crippen LogP contribution in [-0.4, -0.2) is 29.6 Å². The van der Waals surface area contributed by atoms with E-state index in [0.717, 1.165) is 12.8 Å². The second kappa shape index (κ2) is 5.37. The molecule has 0 spiro atoms. The topological polar surface area (TPSA) is 78.4 Å². The number of carboxylic acid groups (broad SMARTS) is 1. The van der Waals surface area contributed by atoms with Crippen LogP contribution in [0.25, 0.3) is 0 Å². The van der Waals surface area contributed by atoms with Gasteiger partial charge in [-0.2, -0.15) is 0 Å². The van der Waals surface area contributed by atoms with Crippen molar-refractivity contribution in [3.8, 4) is 0 Å². The van der Waals surface area contributed by atoms with Crippen molar-refractivity contribution in [1.82, 2.24) is 5.32 Å². The van der Waals surface area contributed by atoms with Gasteiger partial charge in [0.05, 0.1) is 12.1 Å². The average Bonchev–Trinajstić information content (AvgIpc) is 3.09. The maximum Gasteiger partial charge on any atom is 0.335 e. The molecule has 1 aromatic carbocycles. The predicted molar refractivity (Wildman–Crippen MR) is 68.1 cm³/mol. The molecule has 1 aliphatic carbocycles. The molecular weight excluding hydrogens is 256 g/mol. The van der Waals surface area contributed by atoms with E-state index in [1.807, 2.05) is 0 Å². The molecule has 6 heteroatoms. The third-order valence-corrected chi connectivity index (χ3v) is 2.78. The maximum atomic E-state index is 11.6. The lowest BCUT2D eigenvalue weighted by molar-refractivity contribution is -0.115. The quantitative estimate of drug-likeness (QED) is 0.760. The van der Waals surface area contributed by atoms with Gasteiger partial charge in [-0.1, -0.05) is 11.6 Å². The Labute approximate surface area is 109 Å². The number of rotatable bonds is 5. The van der Waals surface area contributed by atoms with Crippen LogP contribution in [0.1, 0.15) is 23.2 Å².